The topological polar surface area (TPSA) is 79.7 Å². The molecular formula is C19H22N4O3. The minimum atomic E-state index is -0.160. The van der Waals surface area contributed by atoms with E-state index in [2.05, 4.69) is 4.98 Å². The van der Waals surface area contributed by atoms with Crippen molar-refractivity contribution in [1.82, 2.24) is 19.3 Å². The van der Waals surface area contributed by atoms with E-state index < -0.39 is 0 Å². The lowest BCUT2D eigenvalue weighted by atomic mass is 9.99. The van der Waals surface area contributed by atoms with Crippen LogP contribution in [-0.4, -0.2) is 52.5 Å². The van der Waals surface area contributed by atoms with Crippen molar-refractivity contribution in [2.45, 2.75) is 25.7 Å². The van der Waals surface area contributed by atoms with Gasteiger partial charge in [0.15, 0.2) is 0 Å². The van der Waals surface area contributed by atoms with Crippen LogP contribution >= 0.6 is 0 Å². The van der Waals surface area contributed by atoms with Gasteiger partial charge in [-0.2, -0.15) is 0 Å². The molecule has 1 aromatic carbocycles. The number of hydrogen-bond acceptors (Lipinski definition) is 4. The van der Waals surface area contributed by atoms with Gasteiger partial charge in [-0.1, -0.05) is 0 Å². The number of amides is 1. The quantitative estimate of drug-likeness (QED) is 0.764. The first-order chi connectivity index (χ1) is 12.5. The molecule has 3 heterocycles. The minimum absolute atomic E-state index is 0.0734. The molecule has 0 saturated carbocycles. The van der Waals surface area contributed by atoms with Gasteiger partial charge in [-0.3, -0.25) is 14.0 Å². The standard InChI is InChI=1S/C19H22N4O3/c1-11-16-18(24)21-14-5-4-13(19(25)22(2)3)10-15(14)23(16)17(20-11)12-6-8-26-9-7-12/h4-5,10,12H,6-9H2,1-3H3,(H,21,24). The van der Waals surface area contributed by atoms with E-state index in [0.717, 1.165) is 24.2 Å². The third kappa shape index (κ3) is 2.59. The molecule has 1 amide bonds. The summed E-state index contributed by atoms with van der Waals surface area (Å²) in [6.07, 6.45) is 1.76. The van der Waals surface area contributed by atoms with Crippen LogP contribution in [0.4, 0.5) is 0 Å². The number of nitrogens with zero attached hydrogens (tertiary/aromatic N) is 3. The van der Waals surface area contributed by atoms with E-state index in [-0.39, 0.29) is 17.4 Å². The molecule has 4 rings (SSSR count). The Labute approximate surface area is 150 Å². The molecule has 0 atom stereocenters. The highest BCUT2D eigenvalue weighted by atomic mass is 16.5. The zero-order chi connectivity index (χ0) is 18.4. The SMILES string of the molecule is Cc1nc(C2CCOCC2)n2c1c(=O)[nH]c1ccc(C(=O)N(C)C)cc12. The first-order valence-corrected chi connectivity index (χ1v) is 8.81. The summed E-state index contributed by atoms with van der Waals surface area (Å²) in [5.74, 6) is 1.05. The summed E-state index contributed by atoms with van der Waals surface area (Å²) in [6.45, 7) is 3.25. The molecule has 0 aliphatic carbocycles. The van der Waals surface area contributed by atoms with Gasteiger partial charge in [-0.15, -0.1) is 0 Å². The number of carbonyl (C=O) groups is 1. The lowest BCUT2D eigenvalue weighted by Crippen LogP contribution is -2.22. The first-order valence-electron chi connectivity index (χ1n) is 8.81. The van der Waals surface area contributed by atoms with Crippen LogP contribution in [0.3, 0.4) is 0 Å². The Morgan fingerprint density at radius 1 is 1.31 bits per heavy atom. The van der Waals surface area contributed by atoms with Crippen molar-refractivity contribution in [3.05, 3.63) is 45.6 Å². The smallest absolute Gasteiger partial charge is 0.274 e. The van der Waals surface area contributed by atoms with Crippen molar-refractivity contribution < 1.29 is 9.53 Å². The molecule has 1 aliphatic rings. The average Bonchev–Trinajstić information content (AvgIpc) is 3.00. The first kappa shape index (κ1) is 16.8. The molecule has 1 saturated heterocycles. The molecule has 1 N–H and O–H groups in total. The fourth-order valence-electron chi connectivity index (χ4n) is 3.69. The Balaban J connectivity index is 2.03. The minimum Gasteiger partial charge on any atom is -0.381 e. The molecule has 1 aliphatic heterocycles. The number of fused-ring (bicyclic) bond motifs is 3. The summed E-state index contributed by atoms with van der Waals surface area (Å²) in [5, 5.41) is 0. The molecule has 3 aromatic rings. The van der Waals surface area contributed by atoms with E-state index in [1.54, 1.807) is 31.1 Å². The van der Waals surface area contributed by atoms with Crippen LogP contribution in [0.2, 0.25) is 0 Å². The monoisotopic (exact) mass is 354 g/mol. The maximum absolute atomic E-state index is 12.6. The predicted molar refractivity (Wildman–Crippen MR) is 98.9 cm³/mol. The van der Waals surface area contributed by atoms with Crippen LogP contribution in [0.25, 0.3) is 16.6 Å². The van der Waals surface area contributed by atoms with Crippen LogP contribution in [0.15, 0.2) is 23.0 Å². The Kier molecular flexibility index (Phi) is 4.03. The highest BCUT2D eigenvalue weighted by Crippen LogP contribution is 2.29. The number of nitrogens with one attached hydrogen (secondary N) is 1. The van der Waals surface area contributed by atoms with Gasteiger partial charge < -0.3 is 14.6 Å². The van der Waals surface area contributed by atoms with Crippen LogP contribution in [0.5, 0.6) is 0 Å². The van der Waals surface area contributed by atoms with Gasteiger partial charge in [0.2, 0.25) is 0 Å². The van der Waals surface area contributed by atoms with Gasteiger partial charge in [0.05, 0.1) is 16.7 Å². The number of benzene rings is 1. The van der Waals surface area contributed by atoms with Crippen molar-refractivity contribution >= 4 is 22.5 Å². The largest absolute Gasteiger partial charge is 0.381 e. The maximum atomic E-state index is 12.6. The zero-order valence-electron chi connectivity index (χ0n) is 15.2. The second-order valence-corrected chi connectivity index (χ2v) is 7.01. The average molecular weight is 354 g/mol. The summed E-state index contributed by atoms with van der Waals surface area (Å²) in [6, 6.07) is 5.37. The van der Waals surface area contributed by atoms with E-state index in [9.17, 15) is 9.59 Å². The number of ether oxygens (including phenoxy) is 1. The summed E-state index contributed by atoms with van der Waals surface area (Å²) >= 11 is 0. The Morgan fingerprint density at radius 2 is 2.04 bits per heavy atom. The molecule has 0 spiro atoms. The van der Waals surface area contributed by atoms with Crippen molar-refractivity contribution in [3.63, 3.8) is 0 Å². The lowest BCUT2D eigenvalue weighted by molar-refractivity contribution is 0.0827. The molecule has 0 radical (unpaired) electrons. The van der Waals surface area contributed by atoms with Gasteiger partial charge >= 0.3 is 0 Å². The summed E-state index contributed by atoms with van der Waals surface area (Å²) in [5.41, 5.74) is 3.18. The molecule has 0 unspecified atom stereocenters. The number of carbonyl (C=O) groups excluding carboxylic acids is 1. The normalized spacial score (nSPS) is 15.7. The van der Waals surface area contributed by atoms with Crippen LogP contribution in [0.1, 0.15) is 40.6 Å². The number of H-pyrrole nitrogens is 1. The van der Waals surface area contributed by atoms with Gasteiger partial charge in [0, 0.05) is 38.8 Å². The molecule has 0 bridgehead atoms. The fraction of sp³-hybridized carbons (Fsp3) is 0.421. The lowest BCUT2D eigenvalue weighted by Gasteiger charge is -2.21. The number of aromatic amines is 1. The molecule has 7 nitrogen and oxygen atoms in total. The van der Waals surface area contributed by atoms with Crippen molar-refractivity contribution in [2.75, 3.05) is 27.3 Å². The number of imidazole rings is 1. The predicted octanol–water partition coefficient (Wildman–Crippen LogP) is 2.08. The van der Waals surface area contributed by atoms with Crippen molar-refractivity contribution in [1.29, 1.82) is 0 Å². The van der Waals surface area contributed by atoms with Crippen molar-refractivity contribution in [2.24, 2.45) is 0 Å². The number of hydrogen-bond donors (Lipinski definition) is 1. The molecule has 136 valence electrons. The van der Waals surface area contributed by atoms with Gasteiger partial charge in [0.1, 0.15) is 11.3 Å². The fourth-order valence-corrected chi connectivity index (χ4v) is 3.69. The molecule has 7 heteroatoms. The zero-order valence-corrected chi connectivity index (χ0v) is 15.2. The molecular weight excluding hydrogens is 332 g/mol. The van der Waals surface area contributed by atoms with E-state index in [1.165, 1.54) is 0 Å². The van der Waals surface area contributed by atoms with Gasteiger partial charge in [0.25, 0.3) is 11.5 Å². The molecule has 2 aromatic heterocycles. The third-order valence-electron chi connectivity index (χ3n) is 5.02. The molecule has 1 fully saturated rings. The Morgan fingerprint density at radius 3 is 2.73 bits per heavy atom. The van der Waals surface area contributed by atoms with E-state index in [4.69, 9.17) is 9.72 Å². The second kappa shape index (κ2) is 6.25. The summed E-state index contributed by atoms with van der Waals surface area (Å²) in [4.78, 5) is 34.2. The number of rotatable bonds is 2. The van der Waals surface area contributed by atoms with E-state index >= 15 is 0 Å². The Hall–Kier alpha value is -2.67. The summed E-state index contributed by atoms with van der Waals surface area (Å²) < 4.78 is 7.41. The number of aryl methyl sites for hydroxylation is 1. The highest BCUT2D eigenvalue weighted by Gasteiger charge is 2.24. The van der Waals surface area contributed by atoms with E-state index in [1.807, 2.05) is 17.4 Å². The van der Waals surface area contributed by atoms with Crippen LogP contribution in [-0.2, 0) is 4.74 Å². The summed E-state index contributed by atoms with van der Waals surface area (Å²) in [7, 11) is 3.45. The van der Waals surface area contributed by atoms with Gasteiger partial charge in [-0.05, 0) is 38.0 Å². The Bertz CT molecular complexity index is 1060. The van der Waals surface area contributed by atoms with E-state index in [0.29, 0.717) is 35.5 Å². The highest BCUT2D eigenvalue weighted by molar-refractivity contribution is 5.97. The maximum Gasteiger partial charge on any atom is 0.274 e. The second-order valence-electron chi connectivity index (χ2n) is 7.01. The number of aromatic nitrogens is 3. The third-order valence-corrected chi connectivity index (χ3v) is 5.02. The van der Waals surface area contributed by atoms with Crippen LogP contribution < -0.4 is 5.56 Å². The van der Waals surface area contributed by atoms with Crippen LogP contribution in [0, 0.1) is 6.92 Å². The molecule has 26 heavy (non-hydrogen) atoms. The van der Waals surface area contributed by atoms with Gasteiger partial charge in [-0.25, -0.2) is 4.98 Å². The van der Waals surface area contributed by atoms with Crippen molar-refractivity contribution in [3.8, 4) is 0 Å².